The second-order valence-electron chi connectivity index (χ2n) is 7.77. The molecule has 6 heteroatoms. The molecule has 0 saturated heterocycles. The van der Waals surface area contributed by atoms with E-state index < -0.39 is 0 Å². The predicted octanol–water partition coefficient (Wildman–Crippen LogP) is 3.37. The van der Waals surface area contributed by atoms with Crippen LogP contribution in [0.5, 0.6) is 0 Å². The summed E-state index contributed by atoms with van der Waals surface area (Å²) in [7, 11) is 0. The quantitative estimate of drug-likeness (QED) is 0.855. The van der Waals surface area contributed by atoms with Crippen LogP contribution in [0.1, 0.15) is 43.6 Å². The number of nitrogens with two attached hydrogens (primary N) is 1. The highest BCUT2D eigenvalue weighted by Gasteiger charge is 2.40. The lowest BCUT2D eigenvalue weighted by molar-refractivity contribution is -0.127. The van der Waals surface area contributed by atoms with E-state index in [2.05, 4.69) is 10.3 Å². The second-order valence-corrected chi connectivity index (χ2v) is 7.77. The number of carbonyl (C=O) groups is 1. The normalized spacial score (nSPS) is 27.8. The zero-order valence-corrected chi connectivity index (χ0v) is 16.1. The Morgan fingerprint density at radius 2 is 2.04 bits per heavy atom. The lowest BCUT2D eigenvalue weighted by atomic mass is 9.65. The first-order valence-corrected chi connectivity index (χ1v) is 9.50. The Kier molecular flexibility index (Phi) is 5.88. The van der Waals surface area contributed by atoms with Gasteiger partial charge < -0.3 is 15.5 Å². The van der Waals surface area contributed by atoms with Crippen LogP contribution in [0.25, 0.3) is 11.1 Å². The Balaban J connectivity index is 0.00000196. The third-order valence-corrected chi connectivity index (χ3v) is 6.09. The summed E-state index contributed by atoms with van der Waals surface area (Å²) in [6, 6.07) is 6.24. The van der Waals surface area contributed by atoms with Crippen molar-refractivity contribution in [2.75, 3.05) is 6.54 Å². The number of oxazole rings is 1. The van der Waals surface area contributed by atoms with Crippen molar-refractivity contribution in [1.82, 2.24) is 10.3 Å². The molecule has 4 rings (SSSR count). The molecule has 2 bridgehead atoms. The average Bonchev–Trinajstić information content (AvgIpc) is 2.99. The highest BCUT2D eigenvalue weighted by atomic mass is 35.5. The van der Waals surface area contributed by atoms with Gasteiger partial charge in [0.05, 0.1) is 0 Å². The van der Waals surface area contributed by atoms with Crippen LogP contribution in [-0.2, 0) is 11.2 Å². The summed E-state index contributed by atoms with van der Waals surface area (Å²) in [6.45, 7) is 2.60. The number of benzene rings is 1. The van der Waals surface area contributed by atoms with Crippen molar-refractivity contribution in [1.29, 1.82) is 0 Å². The number of para-hydroxylation sites is 1. The van der Waals surface area contributed by atoms with Crippen molar-refractivity contribution in [3.8, 4) is 0 Å². The zero-order chi connectivity index (χ0) is 17.4. The van der Waals surface area contributed by atoms with Crippen LogP contribution in [0.4, 0.5) is 0 Å². The molecule has 2 aromatic rings. The number of carbonyl (C=O) groups excluding carboxylic acids is 1. The number of fused-ring (bicyclic) bond motifs is 3. The van der Waals surface area contributed by atoms with E-state index >= 15 is 0 Å². The van der Waals surface area contributed by atoms with Crippen LogP contribution < -0.4 is 11.1 Å². The third-order valence-electron chi connectivity index (χ3n) is 6.09. The Hall–Kier alpha value is -1.59. The number of halogens is 1. The van der Waals surface area contributed by atoms with Gasteiger partial charge >= 0.3 is 0 Å². The molecular weight excluding hydrogens is 350 g/mol. The molecule has 0 spiro atoms. The molecule has 2 fully saturated rings. The van der Waals surface area contributed by atoms with E-state index in [9.17, 15) is 4.79 Å². The van der Waals surface area contributed by atoms with Gasteiger partial charge in [-0.15, -0.1) is 12.4 Å². The third kappa shape index (κ3) is 3.74. The monoisotopic (exact) mass is 377 g/mol. The number of aryl methyl sites for hydroxylation is 1. The van der Waals surface area contributed by atoms with Crippen LogP contribution in [0, 0.1) is 24.7 Å². The lowest BCUT2D eigenvalue weighted by Crippen LogP contribution is -2.49. The number of hydrogen-bond acceptors (Lipinski definition) is 4. The Bertz CT molecular complexity index is 762. The van der Waals surface area contributed by atoms with Gasteiger partial charge in [-0.25, -0.2) is 4.98 Å². The molecule has 1 heterocycles. The first-order chi connectivity index (χ1) is 12.1. The van der Waals surface area contributed by atoms with Gasteiger partial charge in [-0.2, -0.15) is 0 Å². The minimum atomic E-state index is 0. The zero-order valence-electron chi connectivity index (χ0n) is 15.2. The molecule has 1 amide bonds. The van der Waals surface area contributed by atoms with Crippen molar-refractivity contribution >= 4 is 29.4 Å². The van der Waals surface area contributed by atoms with E-state index in [0.29, 0.717) is 36.7 Å². The van der Waals surface area contributed by atoms with Crippen molar-refractivity contribution in [3.63, 3.8) is 0 Å². The molecular formula is C20H28ClN3O2. The van der Waals surface area contributed by atoms with E-state index in [0.717, 1.165) is 29.5 Å². The molecule has 0 radical (unpaired) electrons. The van der Waals surface area contributed by atoms with Gasteiger partial charge in [-0.3, -0.25) is 4.79 Å². The van der Waals surface area contributed by atoms with E-state index in [-0.39, 0.29) is 24.2 Å². The summed E-state index contributed by atoms with van der Waals surface area (Å²) >= 11 is 0. The lowest BCUT2D eigenvalue weighted by Gasteiger charge is -2.43. The fraction of sp³-hybridized carbons (Fsp3) is 0.600. The van der Waals surface area contributed by atoms with Gasteiger partial charge in [-0.05, 0) is 56.1 Å². The van der Waals surface area contributed by atoms with Gasteiger partial charge in [0.25, 0.3) is 0 Å². The molecule has 2 aliphatic carbocycles. The van der Waals surface area contributed by atoms with Crippen LogP contribution in [0.15, 0.2) is 22.6 Å². The SMILES string of the molecule is Cc1cccc2oc(CCNC(=O)C3CC4CCCC(C3)C4N)nc12.Cl. The van der Waals surface area contributed by atoms with E-state index in [1.807, 2.05) is 25.1 Å². The predicted molar refractivity (Wildman–Crippen MR) is 104 cm³/mol. The van der Waals surface area contributed by atoms with Crippen molar-refractivity contribution in [3.05, 3.63) is 29.7 Å². The molecule has 2 aliphatic rings. The number of aromatic nitrogens is 1. The number of hydrogen-bond donors (Lipinski definition) is 2. The van der Waals surface area contributed by atoms with Crippen molar-refractivity contribution in [2.45, 2.75) is 51.5 Å². The molecule has 1 aromatic carbocycles. The summed E-state index contributed by atoms with van der Waals surface area (Å²) in [6.07, 6.45) is 6.16. The molecule has 0 aliphatic heterocycles. The van der Waals surface area contributed by atoms with Crippen LogP contribution in [-0.4, -0.2) is 23.5 Å². The largest absolute Gasteiger partial charge is 0.441 e. The highest BCUT2D eigenvalue weighted by Crippen LogP contribution is 2.41. The topological polar surface area (TPSA) is 81.2 Å². The summed E-state index contributed by atoms with van der Waals surface area (Å²) in [5, 5.41) is 3.08. The Labute approximate surface area is 160 Å². The van der Waals surface area contributed by atoms with E-state index in [4.69, 9.17) is 10.2 Å². The van der Waals surface area contributed by atoms with Gasteiger partial charge in [0.2, 0.25) is 5.91 Å². The molecule has 26 heavy (non-hydrogen) atoms. The maximum absolute atomic E-state index is 12.5. The van der Waals surface area contributed by atoms with Crippen molar-refractivity contribution in [2.24, 2.45) is 23.5 Å². The molecule has 142 valence electrons. The summed E-state index contributed by atoms with van der Waals surface area (Å²) in [5.74, 6) is 2.05. The number of nitrogens with zero attached hydrogens (tertiary/aromatic N) is 1. The van der Waals surface area contributed by atoms with Gasteiger partial charge in [0.15, 0.2) is 11.5 Å². The minimum absolute atomic E-state index is 0. The number of amides is 1. The summed E-state index contributed by atoms with van der Waals surface area (Å²) < 4.78 is 5.77. The van der Waals surface area contributed by atoms with Crippen LogP contribution in [0.2, 0.25) is 0 Å². The smallest absolute Gasteiger partial charge is 0.223 e. The average molecular weight is 378 g/mol. The Morgan fingerprint density at radius 1 is 1.31 bits per heavy atom. The number of nitrogens with one attached hydrogen (secondary N) is 1. The summed E-state index contributed by atoms with van der Waals surface area (Å²) in [4.78, 5) is 17.1. The molecule has 3 N–H and O–H groups in total. The van der Waals surface area contributed by atoms with Crippen molar-refractivity contribution < 1.29 is 9.21 Å². The molecule has 2 atom stereocenters. The summed E-state index contributed by atoms with van der Waals surface area (Å²) in [5.41, 5.74) is 9.16. The van der Waals surface area contributed by atoms with Crippen LogP contribution in [0.3, 0.4) is 0 Å². The van der Waals surface area contributed by atoms with Gasteiger partial charge in [0.1, 0.15) is 5.52 Å². The minimum Gasteiger partial charge on any atom is -0.441 e. The van der Waals surface area contributed by atoms with Gasteiger partial charge in [0, 0.05) is 24.9 Å². The second kappa shape index (κ2) is 7.97. The Morgan fingerprint density at radius 3 is 2.73 bits per heavy atom. The molecule has 5 nitrogen and oxygen atoms in total. The highest BCUT2D eigenvalue weighted by molar-refractivity contribution is 5.85. The fourth-order valence-electron chi connectivity index (χ4n) is 4.68. The molecule has 2 unspecified atom stereocenters. The molecule has 1 aromatic heterocycles. The molecule has 2 saturated carbocycles. The number of rotatable bonds is 4. The van der Waals surface area contributed by atoms with Crippen LogP contribution >= 0.6 is 12.4 Å². The maximum atomic E-state index is 12.5. The van der Waals surface area contributed by atoms with E-state index in [1.165, 1.54) is 19.3 Å². The van der Waals surface area contributed by atoms with E-state index in [1.54, 1.807) is 0 Å². The van der Waals surface area contributed by atoms with Gasteiger partial charge in [-0.1, -0.05) is 18.6 Å². The standard InChI is InChI=1S/C20H27N3O2.ClH/c1-12-4-2-7-16-19(12)23-17(25-16)8-9-22-20(24)15-10-13-5-3-6-14(11-15)18(13)21;/h2,4,7,13-15,18H,3,5-6,8-11,21H2,1H3,(H,22,24);1H. The maximum Gasteiger partial charge on any atom is 0.223 e. The first-order valence-electron chi connectivity index (χ1n) is 9.50. The first kappa shape index (κ1) is 19.2. The fourth-order valence-corrected chi connectivity index (χ4v) is 4.68.